The predicted molar refractivity (Wildman–Crippen MR) is 100 cm³/mol. The van der Waals surface area contributed by atoms with Crippen molar-refractivity contribution in [3.63, 3.8) is 0 Å². The van der Waals surface area contributed by atoms with Gasteiger partial charge < -0.3 is 15.4 Å². The Morgan fingerprint density at radius 2 is 1.92 bits per heavy atom. The molecule has 5 heteroatoms. The molecule has 2 N–H and O–H groups in total. The summed E-state index contributed by atoms with van der Waals surface area (Å²) in [6, 6.07) is 8.08. The predicted octanol–water partition coefficient (Wildman–Crippen LogP) is 3.74. The Kier molecular flexibility index (Phi) is 4.02. The first-order chi connectivity index (χ1) is 12.0. The molecule has 1 aromatic heterocycles. The first-order valence-corrected chi connectivity index (χ1v) is 9.19. The summed E-state index contributed by atoms with van der Waals surface area (Å²) in [5, 5.41) is 0. The van der Waals surface area contributed by atoms with Crippen LogP contribution in [0.2, 0.25) is 0 Å². The molecular weight excluding hydrogens is 312 g/mol. The number of nitrogens with two attached hydrogens (primary N) is 1. The molecule has 0 amide bonds. The maximum absolute atomic E-state index is 6.26. The Bertz CT molecular complexity index is 766. The SMILES string of the molecule is CC(c1cc(N2CCCC2)ncn1)c1cc(OC2(C)CC2)ccc1N. The molecule has 1 aliphatic carbocycles. The molecule has 5 nitrogen and oxygen atoms in total. The van der Waals surface area contributed by atoms with Crippen LogP contribution in [0.25, 0.3) is 0 Å². The Morgan fingerprint density at radius 3 is 2.64 bits per heavy atom. The van der Waals surface area contributed by atoms with Gasteiger partial charge in [-0.15, -0.1) is 0 Å². The van der Waals surface area contributed by atoms with Gasteiger partial charge in [-0.25, -0.2) is 9.97 Å². The minimum absolute atomic E-state index is 0.00840. The van der Waals surface area contributed by atoms with Gasteiger partial charge in [-0.2, -0.15) is 0 Å². The minimum Gasteiger partial charge on any atom is -0.488 e. The molecular formula is C20H26N4O. The van der Waals surface area contributed by atoms with Crippen molar-refractivity contribution in [1.29, 1.82) is 0 Å². The van der Waals surface area contributed by atoms with E-state index >= 15 is 0 Å². The normalized spacial score (nSPS) is 19.7. The summed E-state index contributed by atoms with van der Waals surface area (Å²) in [6.45, 7) is 6.45. The summed E-state index contributed by atoms with van der Waals surface area (Å²) >= 11 is 0. The highest BCUT2D eigenvalue weighted by Gasteiger charge is 2.40. The second-order valence-corrected chi connectivity index (χ2v) is 7.56. The van der Waals surface area contributed by atoms with E-state index in [-0.39, 0.29) is 11.5 Å². The number of anilines is 2. The second kappa shape index (κ2) is 6.21. The molecule has 1 aliphatic heterocycles. The third-order valence-electron chi connectivity index (χ3n) is 5.39. The molecule has 2 heterocycles. The van der Waals surface area contributed by atoms with Gasteiger partial charge >= 0.3 is 0 Å². The average molecular weight is 338 g/mol. The van der Waals surface area contributed by atoms with Gasteiger partial charge in [0.15, 0.2) is 0 Å². The van der Waals surface area contributed by atoms with E-state index in [1.165, 1.54) is 12.8 Å². The molecule has 1 saturated carbocycles. The first kappa shape index (κ1) is 16.2. The summed E-state index contributed by atoms with van der Waals surface area (Å²) < 4.78 is 6.10. The molecule has 2 aliphatic rings. The molecule has 1 unspecified atom stereocenters. The lowest BCUT2D eigenvalue weighted by molar-refractivity contribution is 0.200. The van der Waals surface area contributed by atoms with E-state index in [2.05, 4.69) is 40.8 Å². The van der Waals surface area contributed by atoms with Crippen LogP contribution in [0.15, 0.2) is 30.6 Å². The van der Waals surface area contributed by atoms with Gasteiger partial charge in [0.1, 0.15) is 23.5 Å². The Hall–Kier alpha value is -2.30. The summed E-state index contributed by atoms with van der Waals surface area (Å²) in [6.07, 6.45) is 6.38. The lowest BCUT2D eigenvalue weighted by atomic mass is 9.95. The summed E-state index contributed by atoms with van der Waals surface area (Å²) in [4.78, 5) is 11.3. The number of nitrogens with zero attached hydrogens (tertiary/aromatic N) is 3. The van der Waals surface area contributed by atoms with E-state index in [4.69, 9.17) is 10.5 Å². The minimum atomic E-state index is 0.00840. The van der Waals surface area contributed by atoms with Crippen LogP contribution in [0.4, 0.5) is 11.5 Å². The fraction of sp³-hybridized carbons (Fsp3) is 0.500. The van der Waals surface area contributed by atoms with Crippen molar-refractivity contribution in [3.05, 3.63) is 41.9 Å². The van der Waals surface area contributed by atoms with Crippen molar-refractivity contribution in [1.82, 2.24) is 9.97 Å². The zero-order valence-corrected chi connectivity index (χ0v) is 15.0. The molecule has 0 bridgehead atoms. The summed E-state index contributed by atoms with van der Waals surface area (Å²) in [5.74, 6) is 2.01. The number of aromatic nitrogens is 2. The van der Waals surface area contributed by atoms with E-state index in [0.717, 1.165) is 54.4 Å². The van der Waals surface area contributed by atoms with Gasteiger partial charge in [-0.1, -0.05) is 6.92 Å². The largest absolute Gasteiger partial charge is 0.488 e. The monoisotopic (exact) mass is 338 g/mol. The van der Waals surface area contributed by atoms with Gasteiger partial charge in [0, 0.05) is 30.8 Å². The summed E-state index contributed by atoms with van der Waals surface area (Å²) in [5.41, 5.74) is 9.11. The van der Waals surface area contributed by atoms with E-state index in [0.29, 0.717) is 0 Å². The van der Waals surface area contributed by atoms with Crippen molar-refractivity contribution in [2.24, 2.45) is 0 Å². The highest BCUT2D eigenvalue weighted by Crippen LogP contribution is 2.41. The van der Waals surface area contributed by atoms with Gasteiger partial charge in [0.25, 0.3) is 0 Å². The lowest BCUT2D eigenvalue weighted by Gasteiger charge is -2.20. The topological polar surface area (TPSA) is 64.3 Å². The molecule has 2 fully saturated rings. The van der Waals surface area contributed by atoms with Crippen molar-refractivity contribution >= 4 is 11.5 Å². The van der Waals surface area contributed by atoms with Gasteiger partial charge in [-0.3, -0.25) is 0 Å². The molecule has 132 valence electrons. The van der Waals surface area contributed by atoms with Crippen LogP contribution in [-0.2, 0) is 0 Å². The number of rotatable bonds is 5. The van der Waals surface area contributed by atoms with Crippen molar-refractivity contribution in [3.8, 4) is 5.75 Å². The third-order valence-corrected chi connectivity index (χ3v) is 5.39. The number of benzene rings is 1. The van der Waals surface area contributed by atoms with E-state index in [1.807, 2.05) is 12.1 Å². The van der Waals surface area contributed by atoms with E-state index in [9.17, 15) is 0 Å². The molecule has 0 spiro atoms. The zero-order valence-electron chi connectivity index (χ0n) is 15.0. The standard InChI is InChI=1S/C20H26N4O/c1-14(18-12-19(23-13-22-18)24-9-3-4-10-24)16-11-15(5-6-17(16)21)25-20(2)7-8-20/h5-6,11-14H,3-4,7-10,21H2,1-2H3. The van der Waals surface area contributed by atoms with E-state index in [1.54, 1.807) is 6.33 Å². The van der Waals surface area contributed by atoms with Crippen LogP contribution in [0.1, 0.15) is 56.7 Å². The second-order valence-electron chi connectivity index (χ2n) is 7.56. The molecule has 1 atom stereocenters. The first-order valence-electron chi connectivity index (χ1n) is 9.19. The van der Waals surface area contributed by atoms with Crippen LogP contribution in [0, 0.1) is 0 Å². The fourth-order valence-corrected chi connectivity index (χ4v) is 3.43. The number of hydrogen-bond donors (Lipinski definition) is 1. The highest BCUT2D eigenvalue weighted by molar-refractivity contribution is 5.55. The lowest BCUT2D eigenvalue weighted by Crippen LogP contribution is -2.19. The fourth-order valence-electron chi connectivity index (χ4n) is 3.43. The summed E-state index contributed by atoms with van der Waals surface area (Å²) in [7, 11) is 0. The van der Waals surface area contributed by atoms with Crippen LogP contribution >= 0.6 is 0 Å². The Labute approximate surface area is 149 Å². The quantitative estimate of drug-likeness (QED) is 0.841. The van der Waals surface area contributed by atoms with Crippen LogP contribution in [0.5, 0.6) is 5.75 Å². The molecule has 1 aromatic carbocycles. The Morgan fingerprint density at radius 1 is 1.16 bits per heavy atom. The van der Waals surface area contributed by atoms with Crippen LogP contribution in [-0.4, -0.2) is 28.7 Å². The molecule has 4 rings (SSSR count). The van der Waals surface area contributed by atoms with Crippen molar-refractivity contribution < 1.29 is 4.74 Å². The average Bonchev–Trinajstić information content (AvgIpc) is 3.12. The van der Waals surface area contributed by atoms with Crippen molar-refractivity contribution in [2.75, 3.05) is 23.7 Å². The smallest absolute Gasteiger partial charge is 0.132 e. The molecule has 0 radical (unpaired) electrons. The van der Waals surface area contributed by atoms with Crippen molar-refractivity contribution in [2.45, 2.75) is 51.0 Å². The van der Waals surface area contributed by atoms with Gasteiger partial charge in [0.05, 0.1) is 5.69 Å². The highest BCUT2D eigenvalue weighted by atomic mass is 16.5. The molecule has 2 aromatic rings. The Balaban J connectivity index is 1.60. The zero-order chi connectivity index (χ0) is 17.4. The maximum Gasteiger partial charge on any atom is 0.132 e. The van der Waals surface area contributed by atoms with Gasteiger partial charge in [0.2, 0.25) is 0 Å². The molecule has 1 saturated heterocycles. The maximum atomic E-state index is 6.26. The molecule has 25 heavy (non-hydrogen) atoms. The van der Waals surface area contributed by atoms with E-state index < -0.39 is 0 Å². The number of nitrogen functional groups attached to an aromatic ring is 1. The third kappa shape index (κ3) is 3.41. The van der Waals surface area contributed by atoms with Crippen LogP contribution in [0.3, 0.4) is 0 Å². The number of hydrogen-bond acceptors (Lipinski definition) is 5. The van der Waals surface area contributed by atoms with Gasteiger partial charge in [-0.05, 0) is 56.4 Å². The number of ether oxygens (including phenoxy) is 1. The van der Waals surface area contributed by atoms with Crippen LogP contribution < -0.4 is 15.4 Å².